The maximum absolute atomic E-state index is 5.67. The first kappa shape index (κ1) is 9.55. The van der Waals surface area contributed by atoms with Crippen LogP contribution in [0.15, 0.2) is 0 Å². The summed E-state index contributed by atoms with van der Waals surface area (Å²) in [6.45, 7) is 6.42. The SMILES string of the molecule is CC(C)c1nc(CN)c2c(n1)CNC2. The summed E-state index contributed by atoms with van der Waals surface area (Å²) in [5.74, 6) is 1.28. The van der Waals surface area contributed by atoms with Crippen LogP contribution in [0.1, 0.15) is 42.5 Å². The van der Waals surface area contributed by atoms with Crippen LogP contribution < -0.4 is 11.1 Å². The van der Waals surface area contributed by atoms with E-state index in [1.807, 2.05) is 0 Å². The molecule has 4 heteroatoms. The second-order valence-electron chi connectivity index (χ2n) is 3.92. The molecule has 0 fully saturated rings. The van der Waals surface area contributed by atoms with E-state index in [2.05, 4.69) is 29.1 Å². The molecular formula is C10H16N4. The van der Waals surface area contributed by atoms with Crippen molar-refractivity contribution in [3.8, 4) is 0 Å². The van der Waals surface area contributed by atoms with Gasteiger partial charge in [-0.15, -0.1) is 0 Å². The highest BCUT2D eigenvalue weighted by atomic mass is 15.0. The molecule has 0 radical (unpaired) electrons. The molecule has 1 aromatic heterocycles. The number of nitrogens with zero attached hydrogens (tertiary/aromatic N) is 2. The molecule has 76 valence electrons. The van der Waals surface area contributed by atoms with E-state index in [0.717, 1.165) is 30.3 Å². The molecule has 0 spiro atoms. The summed E-state index contributed by atoms with van der Waals surface area (Å²) in [5.41, 5.74) is 9.01. The quantitative estimate of drug-likeness (QED) is 0.722. The minimum absolute atomic E-state index is 0.367. The monoisotopic (exact) mass is 192 g/mol. The summed E-state index contributed by atoms with van der Waals surface area (Å²) >= 11 is 0. The number of rotatable bonds is 2. The van der Waals surface area contributed by atoms with Crippen molar-refractivity contribution in [2.24, 2.45) is 5.73 Å². The molecule has 0 saturated carbocycles. The lowest BCUT2D eigenvalue weighted by Crippen LogP contribution is -2.10. The van der Waals surface area contributed by atoms with Gasteiger partial charge in [-0.25, -0.2) is 9.97 Å². The van der Waals surface area contributed by atoms with Crippen LogP contribution in [0.2, 0.25) is 0 Å². The third-order valence-corrected chi connectivity index (χ3v) is 2.50. The fourth-order valence-electron chi connectivity index (χ4n) is 1.69. The second-order valence-corrected chi connectivity index (χ2v) is 3.92. The van der Waals surface area contributed by atoms with E-state index in [0.29, 0.717) is 12.5 Å². The van der Waals surface area contributed by atoms with Crippen LogP contribution in [0.3, 0.4) is 0 Å². The van der Waals surface area contributed by atoms with Crippen LogP contribution in [0.4, 0.5) is 0 Å². The zero-order chi connectivity index (χ0) is 10.1. The Bertz CT molecular complexity index is 346. The van der Waals surface area contributed by atoms with Crippen molar-refractivity contribution < 1.29 is 0 Å². The molecule has 1 aliphatic heterocycles. The fourth-order valence-corrected chi connectivity index (χ4v) is 1.69. The number of nitrogens with two attached hydrogens (primary N) is 1. The molecule has 0 bridgehead atoms. The first-order chi connectivity index (χ1) is 6.72. The zero-order valence-corrected chi connectivity index (χ0v) is 8.67. The number of fused-ring (bicyclic) bond motifs is 1. The van der Waals surface area contributed by atoms with Gasteiger partial charge in [0.25, 0.3) is 0 Å². The Balaban J connectivity index is 2.49. The summed E-state index contributed by atoms with van der Waals surface area (Å²) < 4.78 is 0. The van der Waals surface area contributed by atoms with Gasteiger partial charge in [0.15, 0.2) is 0 Å². The van der Waals surface area contributed by atoms with Gasteiger partial charge in [0, 0.05) is 31.1 Å². The van der Waals surface area contributed by atoms with Crippen LogP contribution in [-0.4, -0.2) is 9.97 Å². The lowest BCUT2D eigenvalue weighted by atomic mass is 10.1. The summed E-state index contributed by atoms with van der Waals surface area (Å²) in [4.78, 5) is 9.02. The predicted octanol–water partition coefficient (Wildman–Crippen LogP) is 0.662. The summed E-state index contributed by atoms with van der Waals surface area (Å²) in [6.07, 6.45) is 0. The summed E-state index contributed by atoms with van der Waals surface area (Å²) in [5, 5.41) is 3.27. The topological polar surface area (TPSA) is 63.8 Å². The smallest absolute Gasteiger partial charge is 0.131 e. The number of nitrogens with one attached hydrogen (secondary N) is 1. The van der Waals surface area contributed by atoms with Gasteiger partial charge >= 0.3 is 0 Å². The third kappa shape index (κ3) is 1.51. The molecule has 0 atom stereocenters. The van der Waals surface area contributed by atoms with Crippen molar-refractivity contribution in [1.82, 2.24) is 15.3 Å². The Labute approximate surface area is 83.9 Å². The van der Waals surface area contributed by atoms with Crippen molar-refractivity contribution in [2.75, 3.05) is 0 Å². The molecule has 0 aromatic carbocycles. The Kier molecular flexibility index (Phi) is 2.48. The van der Waals surface area contributed by atoms with E-state index < -0.39 is 0 Å². The minimum atomic E-state index is 0.367. The van der Waals surface area contributed by atoms with Crippen LogP contribution in [0.5, 0.6) is 0 Å². The van der Waals surface area contributed by atoms with Gasteiger partial charge in [-0.2, -0.15) is 0 Å². The van der Waals surface area contributed by atoms with E-state index in [9.17, 15) is 0 Å². The molecule has 0 unspecified atom stereocenters. The van der Waals surface area contributed by atoms with Crippen molar-refractivity contribution in [1.29, 1.82) is 0 Å². The third-order valence-electron chi connectivity index (χ3n) is 2.50. The zero-order valence-electron chi connectivity index (χ0n) is 8.67. The first-order valence-electron chi connectivity index (χ1n) is 5.01. The average molecular weight is 192 g/mol. The molecule has 1 aliphatic rings. The Morgan fingerprint density at radius 1 is 1.36 bits per heavy atom. The molecule has 4 nitrogen and oxygen atoms in total. The molecule has 1 aromatic rings. The minimum Gasteiger partial charge on any atom is -0.325 e. The molecule has 2 rings (SSSR count). The predicted molar refractivity (Wildman–Crippen MR) is 54.6 cm³/mol. The van der Waals surface area contributed by atoms with Gasteiger partial charge in [-0.1, -0.05) is 13.8 Å². The first-order valence-corrected chi connectivity index (χ1v) is 5.01. The van der Waals surface area contributed by atoms with Crippen LogP contribution in [-0.2, 0) is 19.6 Å². The van der Waals surface area contributed by atoms with Gasteiger partial charge in [-0.05, 0) is 0 Å². The lowest BCUT2D eigenvalue weighted by Gasteiger charge is -2.09. The number of hydrogen-bond donors (Lipinski definition) is 2. The van der Waals surface area contributed by atoms with Gasteiger partial charge in [0.2, 0.25) is 0 Å². The largest absolute Gasteiger partial charge is 0.325 e. The number of aromatic nitrogens is 2. The van der Waals surface area contributed by atoms with Gasteiger partial charge in [-0.3, -0.25) is 0 Å². The highest BCUT2D eigenvalue weighted by Gasteiger charge is 2.18. The second kappa shape index (κ2) is 3.63. The number of hydrogen-bond acceptors (Lipinski definition) is 4. The molecule has 14 heavy (non-hydrogen) atoms. The van der Waals surface area contributed by atoms with Crippen molar-refractivity contribution in [2.45, 2.75) is 39.4 Å². The van der Waals surface area contributed by atoms with E-state index in [1.54, 1.807) is 0 Å². The van der Waals surface area contributed by atoms with Crippen LogP contribution in [0, 0.1) is 0 Å². The Hall–Kier alpha value is -1.00. The highest BCUT2D eigenvalue weighted by molar-refractivity contribution is 5.29. The maximum atomic E-state index is 5.67. The molecule has 0 aliphatic carbocycles. The molecule has 2 heterocycles. The van der Waals surface area contributed by atoms with Gasteiger partial charge in [0.05, 0.1) is 11.4 Å². The van der Waals surface area contributed by atoms with Gasteiger partial charge in [0.1, 0.15) is 5.82 Å². The summed E-state index contributed by atoms with van der Waals surface area (Å²) in [7, 11) is 0. The highest BCUT2D eigenvalue weighted by Crippen LogP contribution is 2.19. The van der Waals surface area contributed by atoms with E-state index in [-0.39, 0.29) is 0 Å². The Morgan fingerprint density at radius 3 is 2.79 bits per heavy atom. The maximum Gasteiger partial charge on any atom is 0.131 e. The normalized spacial score (nSPS) is 14.9. The van der Waals surface area contributed by atoms with E-state index in [1.165, 1.54) is 5.56 Å². The van der Waals surface area contributed by atoms with Crippen molar-refractivity contribution in [3.05, 3.63) is 22.8 Å². The van der Waals surface area contributed by atoms with Gasteiger partial charge < -0.3 is 11.1 Å². The standard InChI is InChI=1S/C10H16N4/c1-6(2)10-13-8(3-11)7-4-12-5-9(7)14-10/h6,12H,3-5,11H2,1-2H3. The summed E-state index contributed by atoms with van der Waals surface area (Å²) in [6, 6.07) is 0. The molecule has 0 amide bonds. The van der Waals surface area contributed by atoms with Crippen molar-refractivity contribution in [3.63, 3.8) is 0 Å². The van der Waals surface area contributed by atoms with Crippen LogP contribution >= 0.6 is 0 Å². The van der Waals surface area contributed by atoms with E-state index in [4.69, 9.17) is 5.73 Å². The lowest BCUT2D eigenvalue weighted by molar-refractivity contribution is 0.736. The molecular weight excluding hydrogens is 176 g/mol. The fraction of sp³-hybridized carbons (Fsp3) is 0.600. The molecule has 0 saturated heterocycles. The van der Waals surface area contributed by atoms with Crippen LogP contribution in [0.25, 0.3) is 0 Å². The van der Waals surface area contributed by atoms with Crippen molar-refractivity contribution >= 4 is 0 Å². The molecule has 3 N–H and O–H groups in total. The Morgan fingerprint density at radius 2 is 2.14 bits per heavy atom. The average Bonchev–Trinajstić information content (AvgIpc) is 2.63. The van der Waals surface area contributed by atoms with E-state index >= 15 is 0 Å².